The van der Waals surface area contributed by atoms with Crippen molar-refractivity contribution in [3.8, 4) is 0 Å². The Kier molecular flexibility index (Phi) is 6.62. The van der Waals surface area contributed by atoms with Crippen LogP contribution in [0.15, 0.2) is 36.9 Å². The largest absolute Gasteiger partial charge is 0.376 e. The van der Waals surface area contributed by atoms with Crippen LogP contribution >= 0.6 is 0 Å². The Hall–Kier alpha value is -2.34. The van der Waals surface area contributed by atoms with Crippen molar-refractivity contribution < 1.29 is 14.3 Å². The molecule has 3 N–H and O–H groups in total. The molecule has 0 saturated carbocycles. The molecule has 23 heavy (non-hydrogen) atoms. The van der Waals surface area contributed by atoms with Crippen molar-refractivity contribution in [2.24, 2.45) is 0 Å². The molecule has 0 radical (unpaired) electrons. The van der Waals surface area contributed by atoms with Crippen molar-refractivity contribution in [2.45, 2.75) is 18.9 Å². The summed E-state index contributed by atoms with van der Waals surface area (Å²) in [6.45, 7) is 5.42. The summed E-state index contributed by atoms with van der Waals surface area (Å²) >= 11 is 0. The average Bonchev–Trinajstić information content (AvgIpc) is 3.09. The maximum absolute atomic E-state index is 12.1. The van der Waals surface area contributed by atoms with Gasteiger partial charge in [0.25, 0.3) is 5.91 Å². The molecule has 1 aliphatic heterocycles. The molecule has 2 rings (SSSR count). The first kappa shape index (κ1) is 17.0. The number of anilines is 1. The second-order valence-electron chi connectivity index (χ2n) is 5.37. The minimum Gasteiger partial charge on any atom is -0.376 e. The van der Waals surface area contributed by atoms with Crippen LogP contribution in [-0.2, 0) is 9.53 Å². The van der Waals surface area contributed by atoms with Gasteiger partial charge in [0.2, 0.25) is 5.91 Å². The molecular weight excluding hydrogens is 294 g/mol. The number of nitrogens with one attached hydrogen (secondary N) is 3. The van der Waals surface area contributed by atoms with Crippen LogP contribution in [0.2, 0.25) is 0 Å². The molecule has 1 aromatic carbocycles. The summed E-state index contributed by atoms with van der Waals surface area (Å²) in [6, 6.07) is 7.07. The third kappa shape index (κ3) is 5.75. The molecule has 0 bridgehead atoms. The van der Waals surface area contributed by atoms with E-state index in [-0.39, 0.29) is 24.5 Å². The summed E-state index contributed by atoms with van der Waals surface area (Å²) in [7, 11) is 0. The van der Waals surface area contributed by atoms with Gasteiger partial charge in [-0.25, -0.2) is 0 Å². The Morgan fingerprint density at radius 1 is 1.35 bits per heavy atom. The van der Waals surface area contributed by atoms with Crippen LogP contribution < -0.4 is 16.0 Å². The van der Waals surface area contributed by atoms with E-state index in [1.165, 1.54) is 0 Å². The Morgan fingerprint density at radius 2 is 2.22 bits per heavy atom. The lowest BCUT2D eigenvalue weighted by atomic mass is 10.1. The minimum atomic E-state index is -0.139. The van der Waals surface area contributed by atoms with Gasteiger partial charge in [-0.1, -0.05) is 12.1 Å². The van der Waals surface area contributed by atoms with Gasteiger partial charge in [-0.15, -0.1) is 6.58 Å². The van der Waals surface area contributed by atoms with Crippen LogP contribution in [0.3, 0.4) is 0 Å². The highest BCUT2D eigenvalue weighted by atomic mass is 16.5. The number of amides is 2. The van der Waals surface area contributed by atoms with Gasteiger partial charge in [-0.2, -0.15) is 0 Å². The number of benzene rings is 1. The highest BCUT2D eigenvalue weighted by molar-refractivity contribution is 5.95. The molecule has 0 spiro atoms. The topological polar surface area (TPSA) is 79.5 Å². The van der Waals surface area contributed by atoms with Gasteiger partial charge in [0, 0.05) is 30.9 Å². The Bertz CT molecular complexity index is 554. The molecule has 1 aromatic rings. The SMILES string of the molecule is C=CCNC(=O)CNc1cccc(C(=O)NCC2CCCO2)c1. The summed E-state index contributed by atoms with van der Waals surface area (Å²) in [5.41, 5.74) is 1.28. The first-order chi connectivity index (χ1) is 11.2. The van der Waals surface area contributed by atoms with Gasteiger partial charge < -0.3 is 20.7 Å². The van der Waals surface area contributed by atoms with E-state index in [1.54, 1.807) is 24.3 Å². The van der Waals surface area contributed by atoms with Crippen molar-refractivity contribution in [1.82, 2.24) is 10.6 Å². The van der Waals surface area contributed by atoms with E-state index >= 15 is 0 Å². The molecule has 6 heteroatoms. The highest BCUT2D eigenvalue weighted by Gasteiger charge is 2.16. The Morgan fingerprint density at radius 3 is 2.96 bits per heavy atom. The van der Waals surface area contributed by atoms with Crippen molar-refractivity contribution >= 4 is 17.5 Å². The summed E-state index contributed by atoms with van der Waals surface area (Å²) < 4.78 is 5.48. The highest BCUT2D eigenvalue weighted by Crippen LogP contribution is 2.12. The summed E-state index contributed by atoms with van der Waals surface area (Å²) in [4.78, 5) is 23.7. The van der Waals surface area contributed by atoms with E-state index in [0.717, 1.165) is 25.1 Å². The van der Waals surface area contributed by atoms with Crippen LogP contribution in [0.4, 0.5) is 5.69 Å². The quantitative estimate of drug-likeness (QED) is 0.632. The number of hydrogen-bond acceptors (Lipinski definition) is 4. The van der Waals surface area contributed by atoms with Gasteiger partial charge in [0.1, 0.15) is 0 Å². The third-order valence-corrected chi connectivity index (χ3v) is 3.54. The summed E-state index contributed by atoms with van der Waals surface area (Å²) in [5, 5.41) is 8.55. The molecule has 124 valence electrons. The lowest BCUT2D eigenvalue weighted by Crippen LogP contribution is -2.32. The van der Waals surface area contributed by atoms with Gasteiger partial charge >= 0.3 is 0 Å². The van der Waals surface area contributed by atoms with Gasteiger partial charge in [-0.3, -0.25) is 9.59 Å². The molecule has 1 fully saturated rings. The maximum atomic E-state index is 12.1. The van der Waals surface area contributed by atoms with Gasteiger partial charge in [0.05, 0.1) is 12.6 Å². The second kappa shape index (κ2) is 8.95. The van der Waals surface area contributed by atoms with Crippen LogP contribution in [0.1, 0.15) is 23.2 Å². The lowest BCUT2D eigenvalue weighted by Gasteiger charge is -2.12. The molecule has 0 aliphatic carbocycles. The van der Waals surface area contributed by atoms with Crippen molar-refractivity contribution in [1.29, 1.82) is 0 Å². The summed E-state index contributed by atoms with van der Waals surface area (Å²) in [6.07, 6.45) is 3.78. The van der Waals surface area contributed by atoms with Gasteiger partial charge in [0.15, 0.2) is 0 Å². The Balaban J connectivity index is 1.81. The summed E-state index contributed by atoms with van der Waals surface area (Å²) in [5.74, 6) is -0.265. The van der Waals surface area contributed by atoms with Gasteiger partial charge in [-0.05, 0) is 31.0 Å². The number of hydrogen-bond donors (Lipinski definition) is 3. The predicted molar refractivity (Wildman–Crippen MR) is 89.4 cm³/mol. The zero-order valence-corrected chi connectivity index (χ0v) is 13.1. The molecular formula is C17H23N3O3. The second-order valence-corrected chi connectivity index (χ2v) is 5.37. The van der Waals surface area contributed by atoms with Crippen LogP contribution in [0.5, 0.6) is 0 Å². The van der Waals surface area contributed by atoms with Crippen LogP contribution in [-0.4, -0.2) is 44.2 Å². The normalized spacial score (nSPS) is 16.6. The third-order valence-electron chi connectivity index (χ3n) is 3.54. The fourth-order valence-electron chi connectivity index (χ4n) is 2.32. The lowest BCUT2D eigenvalue weighted by molar-refractivity contribution is -0.119. The number of carbonyl (C=O) groups excluding carboxylic acids is 2. The Labute approximate surface area is 136 Å². The van der Waals surface area contributed by atoms with Crippen molar-refractivity contribution in [2.75, 3.05) is 31.6 Å². The van der Waals surface area contributed by atoms with Crippen molar-refractivity contribution in [3.63, 3.8) is 0 Å². The van der Waals surface area contributed by atoms with Crippen LogP contribution in [0.25, 0.3) is 0 Å². The molecule has 2 amide bonds. The maximum Gasteiger partial charge on any atom is 0.251 e. The molecule has 1 saturated heterocycles. The minimum absolute atomic E-state index is 0.119. The molecule has 1 unspecified atom stereocenters. The van der Waals surface area contributed by atoms with E-state index in [9.17, 15) is 9.59 Å². The first-order valence-electron chi connectivity index (χ1n) is 7.80. The monoisotopic (exact) mass is 317 g/mol. The smallest absolute Gasteiger partial charge is 0.251 e. The van der Waals surface area contributed by atoms with E-state index in [0.29, 0.717) is 18.7 Å². The number of rotatable bonds is 8. The molecule has 1 heterocycles. The fourth-order valence-corrected chi connectivity index (χ4v) is 2.32. The predicted octanol–water partition coefficient (Wildman–Crippen LogP) is 1.31. The zero-order chi connectivity index (χ0) is 16.5. The van der Waals surface area contributed by atoms with Crippen molar-refractivity contribution in [3.05, 3.63) is 42.5 Å². The average molecular weight is 317 g/mol. The number of carbonyl (C=O) groups is 2. The standard InChI is InChI=1S/C17H23N3O3/c1-2-8-18-16(21)12-19-14-6-3-5-13(10-14)17(22)20-11-15-7-4-9-23-15/h2-3,5-6,10,15,19H,1,4,7-9,11-12H2,(H,18,21)(H,20,22). The van der Waals surface area contributed by atoms with E-state index in [4.69, 9.17) is 4.74 Å². The zero-order valence-electron chi connectivity index (χ0n) is 13.1. The number of ether oxygens (including phenoxy) is 1. The molecule has 1 atom stereocenters. The molecule has 6 nitrogen and oxygen atoms in total. The molecule has 1 aliphatic rings. The molecule has 0 aromatic heterocycles. The van der Waals surface area contributed by atoms with E-state index in [1.807, 2.05) is 6.07 Å². The van der Waals surface area contributed by atoms with E-state index in [2.05, 4.69) is 22.5 Å². The fraction of sp³-hybridized carbons (Fsp3) is 0.412. The first-order valence-corrected chi connectivity index (χ1v) is 7.80. The van der Waals surface area contributed by atoms with Crippen LogP contribution in [0, 0.1) is 0 Å². The van der Waals surface area contributed by atoms with E-state index < -0.39 is 0 Å².